The molecular formula is C31H38N4O3S. The van der Waals surface area contributed by atoms with E-state index in [9.17, 15) is 9.59 Å². The number of thiazole rings is 1. The summed E-state index contributed by atoms with van der Waals surface area (Å²) in [6.45, 7) is 6.80. The van der Waals surface area contributed by atoms with Gasteiger partial charge in [-0.3, -0.25) is 14.5 Å². The summed E-state index contributed by atoms with van der Waals surface area (Å²) < 4.78 is 5.58. The number of anilines is 1. The molecule has 1 saturated heterocycles. The third-order valence-corrected chi connectivity index (χ3v) is 8.66. The Hall–Kier alpha value is -3.23. The normalized spacial score (nSPS) is 20.2. The van der Waals surface area contributed by atoms with Gasteiger partial charge in [0.15, 0.2) is 0 Å². The molecule has 5 rings (SSSR count). The van der Waals surface area contributed by atoms with Crippen LogP contribution in [-0.2, 0) is 29.1 Å². The molecule has 8 heteroatoms. The van der Waals surface area contributed by atoms with Gasteiger partial charge < -0.3 is 14.5 Å². The molecule has 0 aliphatic carbocycles. The molecule has 0 radical (unpaired) electrons. The van der Waals surface area contributed by atoms with Crippen molar-refractivity contribution in [3.63, 3.8) is 0 Å². The number of rotatable bonds is 6. The lowest BCUT2D eigenvalue weighted by Gasteiger charge is -2.43. The van der Waals surface area contributed by atoms with Crippen LogP contribution in [0.3, 0.4) is 0 Å². The van der Waals surface area contributed by atoms with Crippen molar-refractivity contribution in [2.45, 2.75) is 71.1 Å². The van der Waals surface area contributed by atoms with Gasteiger partial charge in [-0.05, 0) is 55.5 Å². The molecule has 2 aliphatic heterocycles. The number of carbonyl (C=O) groups excluding carboxylic acids is 2. The third-order valence-electron chi connectivity index (χ3n) is 7.90. The lowest BCUT2D eigenvalue weighted by atomic mass is 9.92. The molecule has 2 amide bonds. The highest BCUT2D eigenvalue weighted by Crippen LogP contribution is 2.32. The largest absolute Gasteiger partial charge is 0.494 e. The van der Waals surface area contributed by atoms with Crippen molar-refractivity contribution in [3.05, 3.63) is 76.2 Å². The van der Waals surface area contributed by atoms with Crippen LogP contribution in [0.15, 0.2) is 60.1 Å². The molecule has 1 aromatic heterocycles. The van der Waals surface area contributed by atoms with Crippen LogP contribution in [0.25, 0.3) is 0 Å². The van der Waals surface area contributed by atoms with Crippen LogP contribution >= 0.6 is 11.3 Å². The summed E-state index contributed by atoms with van der Waals surface area (Å²) in [6, 6.07) is 16.4. The summed E-state index contributed by atoms with van der Waals surface area (Å²) >= 11 is 1.68. The van der Waals surface area contributed by atoms with Gasteiger partial charge in [0.2, 0.25) is 11.8 Å². The second-order valence-corrected chi connectivity index (χ2v) is 11.4. The van der Waals surface area contributed by atoms with E-state index in [0.717, 1.165) is 59.8 Å². The molecule has 2 bridgehead atoms. The van der Waals surface area contributed by atoms with Crippen molar-refractivity contribution in [1.82, 2.24) is 14.8 Å². The number of nitrogens with zero attached hydrogens (tertiary/aromatic N) is 4. The number of ether oxygens (including phenoxy) is 1. The molecule has 2 aliphatic rings. The molecule has 0 saturated carbocycles. The highest BCUT2D eigenvalue weighted by molar-refractivity contribution is 7.09. The van der Waals surface area contributed by atoms with E-state index in [4.69, 9.17) is 4.74 Å². The number of piperidine rings is 1. The van der Waals surface area contributed by atoms with Crippen LogP contribution in [0, 0.1) is 0 Å². The summed E-state index contributed by atoms with van der Waals surface area (Å²) in [5.74, 6) is 0.944. The lowest BCUT2D eigenvalue weighted by molar-refractivity contribution is -0.132. The van der Waals surface area contributed by atoms with E-state index < -0.39 is 0 Å². The fourth-order valence-electron chi connectivity index (χ4n) is 5.98. The van der Waals surface area contributed by atoms with E-state index in [0.29, 0.717) is 38.7 Å². The first-order valence-corrected chi connectivity index (χ1v) is 14.9. The predicted molar refractivity (Wildman–Crippen MR) is 155 cm³/mol. The number of benzene rings is 2. The van der Waals surface area contributed by atoms with Gasteiger partial charge in [-0.25, -0.2) is 4.98 Å². The first-order chi connectivity index (χ1) is 19.0. The van der Waals surface area contributed by atoms with Crippen molar-refractivity contribution in [1.29, 1.82) is 0 Å². The maximum Gasteiger partial charge on any atom is 0.227 e. The summed E-state index contributed by atoms with van der Waals surface area (Å²) in [5.41, 5.74) is 2.89. The van der Waals surface area contributed by atoms with Crippen LogP contribution in [0.1, 0.15) is 55.7 Å². The number of amides is 2. The average molecular weight is 547 g/mol. The summed E-state index contributed by atoms with van der Waals surface area (Å²) in [5, 5.41) is 3.12. The van der Waals surface area contributed by atoms with Crippen LogP contribution < -0.4 is 9.64 Å². The van der Waals surface area contributed by atoms with E-state index in [1.807, 2.05) is 70.8 Å². The van der Waals surface area contributed by atoms with E-state index in [-0.39, 0.29) is 17.9 Å². The number of hydrogen-bond acceptors (Lipinski definition) is 6. The zero-order valence-corrected chi connectivity index (χ0v) is 23.7. The standard InChI is InChI=1S/C31H38N4O3S/c1-3-38-28-13-11-24(12-14-28)19-31(37)33-20-25-7-4-5-10-29(25)34(23(2)36)17-15-26-8-6-9-27(21-33)35(26)22-30-32-16-18-39-30/h4-5,7,10-14,16,18,26-27H,3,6,8-9,15,17,19-22H2,1-2H3. The molecular weight excluding hydrogens is 508 g/mol. The van der Waals surface area contributed by atoms with Gasteiger partial charge in [-0.1, -0.05) is 36.8 Å². The van der Waals surface area contributed by atoms with E-state index >= 15 is 0 Å². The minimum atomic E-state index is 0.0350. The molecule has 39 heavy (non-hydrogen) atoms. The fraction of sp³-hybridized carbons (Fsp3) is 0.452. The van der Waals surface area contributed by atoms with Gasteiger partial charge >= 0.3 is 0 Å². The van der Waals surface area contributed by atoms with Crippen LogP contribution in [0.4, 0.5) is 5.69 Å². The number of fused-ring (bicyclic) bond motifs is 3. The first kappa shape index (κ1) is 27.3. The molecule has 2 aromatic carbocycles. The maximum absolute atomic E-state index is 13.9. The van der Waals surface area contributed by atoms with Gasteiger partial charge in [0, 0.05) is 55.9 Å². The minimum Gasteiger partial charge on any atom is -0.494 e. The number of para-hydroxylation sites is 1. The van der Waals surface area contributed by atoms with Crippen LogP contribution in [-0.4, -0.2) is 58.4 Å². The Balaban J connectivity index is 1.47. The van der Waals surface area contributed by atoms with Crippen molar-refractivity contribution in [2.75, 3.05) is 24.6 Å². The number of carbonyl (C=O) groups is 2. The third kappa shape index (κ3) is 6.68. The minimum absolute atomic E-state index is 0.0350. The van der Waals surface area contributed by atoms with E-state index in [1.54, 1.807) is 18.3 Å². The molecule has 206 valence electrons. The van der Waals surface area contributed by atoms with Crippen LogP contribution in [0.5, 0.6) is 5.75 Å². The predicted octanol–water partition coefficient (Wildman–Crippen LogP) is 5.29. The summed E-state index contributed by atoms with van der Waals surface area (Å²) in [4.78, 5) is 37.8. The SMILES string of the molecule is CCOc1ccc(CC(=O)N2Cc3ccccc3N(C(C)=O)CCC3CCCC(C2)N3Cc2nccs2)cc1. The molecule has 0 N–H and O–H groups in total. The highest BCUT2D eigenvalue weighted by atomic mass is 32.1. The molecule has 3 heterocycles. The Bertz CT molecular complexity index is 1250. The first-order valence-electron chi connectivity index (χ1n) is 14.0. The summed E-state index contributed by atoms with van der Waals surface area (Å²) in [6.07, 6.45) is 6.35. The smallest absolute Gasteiger partial charge is 0.227 e. The van der Waals surface area contributed by atoms with Gasteiger partial charge in [0.1, 0.15) is 10.8 Å². The zero-order chi connectivity index (χ0) is 27.2. The van der Waals surface area contributed by atoms with E-state index in [1.165, 1.54) is 0 Å². The van der Waals surface area contributed by atoms with Gasteiger partial charge in [-0.2, -0.15) is 0 Å². The Labute approximate surface area is 235 Å². The topological polar surface area (TPSA) is 66.0 Å². The Kier molecular flexibility index (Phi) is 8.94. The number of aromatic nitrogens is 1. The quantitative estimate of drug-likeness (QED) is 0.420. The van der Waals surface area contributed by atoms with E-state index in [2.05, 4.69) is 16.0 Å². The molecule has 3 aromatic rings. The maximum atomic E-state index is 13.9. The number of hydrogen-bond donors (Lipinski definition) is 0. The van der Waals surface area contributed by atoms with Crippen LogP contribution in [0.2, 0.25) is 0 Å². The fourth-order valence-corrected chi connectivity index (χ4v) is 6.60. The Morgan fingerprint density at radius 1 is 1.05 bits per heavy atom. The molecule has 2 unspecified atom stereocenters. The monoisotopic (exact) mass is 546 g/mol. The van der Waals surface area contributed by atoms with Crippen molar-refractivity contribution in [3.8, 4) is 5.75 Å². The van der Waals surface area contributed by atoms with Gasteiger partial charge in [0.25, 0.3) is 0 Å². The molecule has 0 spiro atoms. The second-order valence-electron chi connectivity index (χ2n) is 10.5. The Morgan fingerprint density at radius 2 is 1.85 bits per heavy atom. The molecule has 7 nitrogen and oxygen atoms in total. The van der Waals surface area contributed by atoms with Gasteiger partial charge in [0.05, 0.1) is 19.6 Å². The zero-order valence-electron chi connectivity index (χ0n) is 22.9. The van der Waals surface area contributed by atoms with Crippen molar-refractivity contribution < 1.29 is 14.3 Å². The lowest BCUT2D eigenvalue weighted by Crippen LogP contribution is -2.52. The van der Waals surface area contributed by atoms with Crippen molar-refractivity contribution >= 4 is 28.8 Å². The summed E-state index contributed by atoms with van der Waals surface area (Å²) in [7, 11) is 0. The average Bonchev–Trinajstić information content (AvgIpc) is 3.44. The van der Waals surface area contributed by atoms with Crippen molar-refractivity contribution in [2.24, 2.45) is 0 Å². The highest BCUT2D eigenvalue weighted by Gasteiger charge is 2.35. The Morgan fingerprint density at radius 3 is 2.59 bits per heavy atom. The van der Waals surface area contributed by atoms with Gasteiger partial charge in [-0.15, -0.1) is 11.3 Å². The molecule has 1 fully saturated rings. The molecule has 2 atom stereocenters. The second kappa shape index (κ2) is 12.7.